The number of aromatic nitrogens is 1. The van der Waals surface area contributed by atoms with Crippen molar-refractivity contribution in [1.82, 2.24) is 4.98 Å². The minimum atomic E-state index is -0.674. The number of hydrogen-bond acceptors (Lipinski definition) is 5. The van der Waals surface area contributed by atoms with E-state index in [9.17, 15) is 9.59 Å². The van der Waals surface area contributed by atoms with E-state index in [0.717, 1.165) is 0 Å². The fourth-order valence-corrected chi connectivity index (χ4v) is 1.84. The predicted octanol–water partition coefficient (Wildman–Crippen LogP) is 1.01. The summed E-state index contributed by atoms with van der Waals surface area (Å²) < 4.78 is 11.7. The number of carbonyl (C=O) groups excluding carboxylic acids is 2. The maximum atomic E-state index is 11.1. The Hall–Kier alpha value is -1.53. The van der Waals surface area contributed by atoms with Crippen molar-refractivity contribution in [3.8, 4) is 0 Å². The van der Waals surface area contributed by atoms with Gasteiger partial charge in [0.1, 0.15) is 5.69 Å². The maximum absolute atomic E-state index is 11.1. The van der Waals surface area contributed by atoms with Crippen LogP contribution >= 0.6 is 0 Å². The Balaban J connectivity index is 2.43. The second-order valence-electron chi connectivity index (χ2n) is 5.56. The Kier molecular flexibility index (Phi) is 3.32. The van der Waals surface area contributed by atoms with Crippen LogP contribution in [-0.4, -0.2) is 35.9 Å². The lowest BCUT2D eigenvalue weighted by Gasteiger charge is -2.32. The Bertz CT molecular complexity index is 511. The van der Waals surface area contributed by atoms with E-state index in [-0.39, 0.29) is 5.69 Å². The summed E-state index contributed by atoms with van der Waals surface area (Å²) in [6.07, 6.45) is 2.67. The summed E-state index contributed by atoms with van der Waals surface area (Å²) >= 11 is 0. The molecule has 1 aliphatic heterocycles. The fraction of sp³-hybridized carbons (Fsp3) is 0.462. The molecule has 1 fully saturated rings. The quantitative estimate of drug-likeness (QED) is 0.600. The van der Waals surface area contributed by atoms with E-state index in [4.69, 9.17) is 9.31 Å². The lowest BCUT2D eigenvalue weighted by Crippen LogP contribution is -2.41. The van der Waals surface area contributed by atoms with Crippen molar-refractivity contribution in [1.29, 1.82) is 0 Å². The molecule has 1 saturated heterocycles. The summed E-state index contributed by atoms with van der Waals surface area (Å²) in [6, 6.07) is 1.53. The van der Waals surface area contributed by atoms with Crippen LogP contribution in [0.3, 0.4) is 0 Å². The molecule has 1 aromatic rings. The Labute approximate surface area is 112 Å². The molecule has 0 bridgehead atoms. The molecule has 1 aliphatic rings. The molecule has 1 aromatic heterocycles. The lowest BCUT2D eigenvalue weighted by atomic mass is 9.76. The summed E-state index contributed by atoms with van der Waals surface area (Å²) in [4.78, 5) is 25.7. The van der Waals surface area contributed by atoms with Gasteiger partial charge in [0.2, 0.25) is 0 Å². The Morgan fingerprint density at radius 3 is 2.16 bits per heavy atom. The van der Waals surface area contributed by atoms with Crippen LogP contribution in [0.1, 0.15) is 48.5 Å². The van der Waals surface area contributed by atoms with E-state index in [0.29, 0.717) is 23.6 Å². The number of aldehydes is 2. The first kappa shape index (κ1) is 13.9. The van der Waals surface area contributed by atoms with Crippen LogP contribution in [0.15, 0.2) is 12.3 Å². The second-order valence-corrected chi connectivity index (χ2v) is 5.56. The van der Waals surface area contributed by atoms with Gasteiger partial charge in [-0.2, -0.15) is 0 Å². The van der Waals surface area contributed by atoms with Gasteiger partial charge in [0.25, 0.3) is 0 Å². The highest BCUT2D eigenvalue weighted by molar-refractivity contribution is 6.63. The molecule has 0 atom stereocenters. The number of hydrogen-bond donors (Lipinski definition) is 0. The van der Waals surface area contributed by atoms with Crippen molar-refractivity contribution >= 4 is 25.2 Å². The van der Waals surface area contributed by atoms with E-state index in [1.165, 1.54) is 12.3 Å². The molecule has 19 heavy (non-hydrogen) atoms. The molecular weight excluding hydrogens is 245 g/mol. The smallest absolute Gasteiger partial charge is 0.399 e. The first-order chi connectivity index (χ1) is 8.80. The van der Waals surface area contributed by atoms with Crippen LogP contribution < -0.4 is 5.46 Å². The largest absolute Gasteiger partial charge is 0.495 e. The molecule has 0 aliphatic carbocycles. The van der Waals surface area contributed by atoms with Crippen LogP contribution in [-0.2, 0) is 9.31 Å². The normalized spacial score (nSPS) is 20.3. The van der Waals surface area contributed by atoms with Gasteiger partial charge in [-0.25, -0.2) is 0 Å². The van der Waals surface area contributed by atoms with Gasteiger partial charge >= 0.3 is 7.12 Å². The molecule has 0 radical (unpaired) electrons. The summed E-state index contributed by atoms with van der Waals surface area (Å²) in [6.45, 7) is 7.70. The van der Waals surface area contributed by atoms with Crippen molar-refractivity contribution in [3.63, 3.8) is 0 Å². The summed E-state index contributed by atoms with van der Waals surface area (Å²) in [5.41, 5.74) is 0.148. The molecule has 6 heteroatoms. The van der Waals surface area contributed by atoms with Crippen LogP contribution in [0.4, 0.5) is 0 Å². The third kappa shape index (κ3) is 2.33. The Morgan fingerprint density at radius 1 is 1.11 bits per heavy atom. The lowest BCUT2D eigenvalue weighted by molar-refractivity contribution is 0.00578. The Morgan fingerprint density at radius 2 is 1.68 bits per heavy atom. The molecule has 0 saturated carbocycles. The van der Waals surface area contributed by atoms with E-state index < -0.39 is 18.3 Å². The SMILES string of the molecule is CC1(C)OB(c2cc(C=O)ncc2C=O)OC1(C)C. The monoisotopic (exact) mass is 261 g/mol. The number of nitrogens with zero attached hydrogens (tertiary/aromatic N) is 1. The van der Waals surface area contributed by atoms with Gasteiger partial charge in [0.05, 0.1) is 11.2 Å². The first-order valence-corrected chi connectivity index (χ1v) is 6.06. The number of rotatable bonds is 3. The molecule has 0 amide bonds. The zero-order chi connectivity index (χ0) is 14.3. The number of pyridine rings is 1. The van der Waals surface area contributed by atoms with Gasteiger partial charge in [0.15, 0.2) is 12.6 Å². The first-order valence-electron chi connectivity index (χ1n) is 6.06. The molecule has 5 nitrogen and oxygen atoms in total. The topological polar surface area (TPSA) is 65.5 Å². The molecule has 100 valence electrons. The highest BCUT2D eigenvalue weighted by Gasteiger charge is 2.52. The van der Waals surface area contributed by atoms with E-state index >= 15 is 0 Å². The third-order valence-corrected chi connectivity index (χ3v) is 3.74. The van der Waals surface area contributed by atoms with E-state index in [1.807, 2.05) is 27.7 Å². The molecule has 0 spiro atoms. The minimum Gasteiger partial charge on any atom is -0.399 e. The minimum absolute atomic E-state index is 0.246. The van der Waals surface area contributed by atoms with Gasteiger partial charge in [-0.1, -0.05) is 0 Å². The predicted molar refractivity (Wildman–Crippen MR) is 70.7 cm³/mol. The molecular formula is C13H16BNO4. The zero-order valence-electron chi connectivity index (χ0n) is 11.5. The van der Waals surface area contributed by atoms with Crippen LogP contribution in [0.25, 0.3) is 0 Å². The summed E-state index contributed by atoms with van der Waals surface area (Å²) in [5, 5.41) is 0. The maximum Gasteiger partial charge on any atom is 0.495 e. The summed E-state index contributed by atoms with van der Waals surface area (Å²) in [5.74, 6) is 0. The van der Waals surface area contributed by atoms with Crippen molar-refractivity contribution in [3.05, 3.63) is 23.5 Å². The highest BCUT2D eigenvalue weighted by atomic mass is 16.7. The highest BCUT2D eigenvalue weighted by Crippen LogP contribution is 2.36. The van der Waals surface area contributed by atoms with Crippen molar-refractivity contribution in [2.45, 2.75) is 38.9 Å². The van der Waals surface area contributed by atoms with Crippen molar-refractivity contribution < 1.29 is 18.9 Å². The van der Waals surface area contributed by atoms with E-state index in [2.05, 4.69) is 4.98 Å². The average Bonchev–Trinajstić information content (AvgIpc) is 2.57. The van der Waals surface area contributed by atoms with Gasteiger partial charge in [-0.3, -0.25) is 14.6 Å². The van der Waals surface area contributed by atoms with Crippen LogP contribution in [0, 0.1) is 0 Å². The van der Waals surface area contributed by atoms with Gasteiger partial charge in [-0.15, -0.1) is 0 Å². The van der Waals surface area contributed by atoms with Gasteiger partial charge in [0, 0.05) is 11.8 Å². The van der Waals surface area contributed by atoms with E-state index in [1.54, 1.807) is 0 Å². The molecule has 0 unspecified atom stereocenters. The van der Waals surface area contributed by atoms with Crippen LogP contribution in [0.2, 0.25) is 0 Å². The van der Waals surface area contributed by atoms with Crippen LogP contribution in [0.5, 0.6) is 0 Å². The molecule has 2 rings (SSSR count). The third-order valence-electron chi connectivity index (χ3n) is 3.74. The number of carbonyl (C=O) groups is 2. The molecule has 0 aromatic carbocycles. The van der Waals surface area contributed by atoms with Crippen molar-refractivity contribution in [2.75, 3.05) is 0 Å². The summed E-state index contributed by atoms with van der Waals surface area (Å²) in [7, 11) is -0.674. The standard InChI is InChI=1S/C13H16BNO4/c1-12(2)13(3,4)19-14(18-12)11-5-10(8-17)15-6-9(11)7-16/h5-8H,1-4H3. The molecule has 0 N–H and O–H groups in total. The van der Waals surface area contributed by atoms with Gasteiger partial charge < -0.3 is 9.31 Å². The van der Waals surface area contributed by atoms with Crippen molar-refractivity contribution in [2.24, 2.45) is 0 Å². The second kappa shape index (κ2) is 4.54. The average molecular weight is 261 g/mol. The zero-order valence-corrected chi connectivity index (χ0v) is 11.5. The molecule has 2 heterocycles. The fourth-order valence-electron chi connectivity index (χ4n) is 1.84. The van der Waals surface area contributed by atoms with Gasteiger partial charge in [-0.05, 0) is 39.2 Å².